The Balaban J connectivity index is 1.92. The van der Waals surface area contributed by atoms with Crippen LogP contribution < -0.4 is 10.6 Å². The van der Waals surface area contributed by atoms with E-state index in [1.54, 1.807) is 11.3 Å². The minimum absolute atomic E-state index is 0.0332. The maximum absolute atomic E-state index is 11.6. The Morgan fingerprint density at radius 1 is 1.25 bits per heavy atom. The van der Waals surface area contributed by atoms with Crippen LogP contribution in [-0.4, -0.2) is 17.4 Å². The van der Waals surface area contributed by atoms with E-state index in [0.29, 0.717) is 12.1 Å². The molecule has 5 heteroatoms. The molecule has 0 atom stereocenters. The largest absolute Gasteiger partial charge is 0.380 e. The van der Waals surface area contributed by atoms with Gasteiger partial charge < -0.3 is 10.6 Å². The molecule has 0 aliphatic rings. The van der Waals surface area contributed by atoms with Gasteiger partial charge >= 0.3 is 0 Å². The van der Waals surface area contributed by atoms with Gasteiger partial charge in [0.2, 0.25) is 0 Å². The standard InChI is InChI=1S/C15H19N3OS/c1-3-14-18-10-13(20-14)9-17-12-7-5-11(6-8-12)15(19)16-4-2/h5-8,10,17H,3-4,9H2,1-2H3,(H,16,19). The molecule has 0 unspecified atom stereocenters. The first kappa shape index (κ1) is 14.5. The summed E-state index contributed by atoms with van der Waals surface area (Å²) >= 11 is 1.73. The van der Waals surface area contributed by atoms with Crippen molar-refractivity contribution < 1.29 is 4.79 Å². The lowest BCUT2D eigenvalue weighted by Crippen LogP contribution is -2.22. The van der Waals surface area contributed by atoms with Crippen LogP contribution in [-0.2, 0) is 13.0 Å². The summed E-state index contributed by atoms with van der Waals surface area (Å²) in [6.07, 6.45) is 2.89. The number of hydrogen-bond acceptors (Lipinski definition) is 4. The number of rotatable bonds is 6. The van der Waals surface area contributed by atoms with Gasteiger partial charge in [-0.2, -0.15) is 0 Å². The number of aromatic nitrogens is 1. The van der Waals surface area contributed by atoms with E-state index in [9.17, 15) is 4.79 Å². The lowest BCUT2D eigenvalue weighted by molar-refractivity contribution is 0.0956. The van der Waals surface area contributed by atoms with Crippen molar-refractivity contribution in [3.63, 3.8) is 0 Å². The van der Waals surface area contributed by atoms with Crippen molar-refractivity contribution in [2.24, 2.45) is 0 Å². The summed E-state index contributed by atoms with van der Waals surface area (Å²) in [5.74, 6) is -0.0332. The Bertz CT molecular complexity index is 563. The van der Waals surface area contributed by atoms with Crippen LogP contribution in [0.2, 0.25) is 0 Å². The molecule has 0 fully saturated rings. The Hall–Kier alpha value is -1.88. The third-order valence-electron chi connectivity index (χ3n) is 2.86. The second-order valence-electron chi connectivity index (χ2n) is 4.36. The fourth-order valence-corrected chi connectivity index (χ4v) is 2.59. The second kappa shape index (κ2) is 7.05. The van der Waals surface area contributed by atoms with Crippen LogP contribution in [0.15, 0.2) is 30.5 Å². The van der Waals surface area contributed by atoms with Crippen LogP contribution >= 0.6 is 11.3 Å². The summed E-state index contributed by atoms with van der Waals surface area (Å²) in [5, 5.41) is 7.28. The average molecular weight is 289 g/mol. The topological polar surface area (TPSA) is 54.0 Å². The zero-order chi connectivity index (χ0) is 14.4. The van der Waals surface area contributed by atoms with E-state index < -0.39 is 0 Å². The fourth-order valence-electron chi connectivity index (χ4n) is 1.78. The van der Waals surface area contributed by atoms with E-state index in [-0.39, 0.29) is 5.91 Å². The Morgan fingerprint density at radius 3 is 2.60 bits per heavy atom. The average Bonchev–Trinajstić information content (AvgIpc) is 2.94. The fraction of sp³-hybridized carbons (Fsp3) is 0.333. The van der Waals surface area contributed by atoms with Crippen molar-refractivity contribution >= 4 is 22.9 Å². The van der Waals surface area contributed by atoms with Crippen molar-refractivity contribution in [2.75, 3.05) is 11.9 Å². The number of nitrogens with zero attached hydrogens (tertiary/aromatic N) is 1. The molecule has 0 aliphatic heterocycles. The molecule has 2 N–H and O–H groups in total. The molecule has 20 heavy (non-hydrogen) atoms. The maximum Gasteiger partial charge on any atom is 0.251 e. The summed E-state index contributed by atoms with van der Waals surface area (Å²) in [5.41, 5.74) is 1.69. The van der Waals surface area contributed by atoms with E-state index in [0.717, 1.165) is 23.7 Å². The number of anilines is 1. The molecular weight excluding hydrogens is 270 g/mol. The minimum Gasteiger partial charge on any atom is -0.380 e. The van der Waals surface area contributed by atoms with Gasteiger partial charge in [-0.3, -0.25) is 4.79 Å². The molecule has 0 saturated carbocycles. The van der Waals surface area contributed by atoms with Crippen LogP contribution in [0.5, 0.6) is 0 Å². The molecule has 0 bridgehead atoms. The molecule has 0 spiro atoms. The normalized spacial score (nSPS) is 10.3. The molecular formula is C15H19N3OS. The highest BCUT2D eigenvalue weighted by molar-refractivity contribution is 7.11. The second-order valence-corrected chi connectivity index (χ2v) is 5.56. The van der Waals surface area contributed by atoms with Gasteiger partial charge in [-0.15, -0.1) is 11.3 Å². The zero-order valence-electron chi connectivity index (χ0n) is 11.8. The Morgan fingerprint density at radius 2 is 2.00 bits per heavy atom. The van der Waals surface area contributed by atoms with Gasteiger partial charge in [0.15, 0.2) is 0 Å². The SMILES string of the molecule is CCNC(=O)c1ccc(NCc2cnc(CC)s2)cc1. The van der Waals surface area contributed by atoms with Crippen molar-refractivity contribution in [3.05, 3.63) is 45.9 Å². The number of benzene rings is 1. The van der Waals surface area contributed by atoms with E-state index in [1.165, 1.54) is 4.88 Å². The summed E-state index contributed by atoms with van der Waals surface area (Å²) in [4.78, 5) is 17.2. The van der Waals surface area contributed by atoms with Gasteiger partial charge in [0, 0.05) is 28.9 Å². The Kier molecular flexibility index (Phi) is 5.12. The van der Waals surface area contributed by atoms with Crippen molar-refractivity contribution in [3.8, 4) is 0 Å². The third-order valence-corrected chi connectivity index (χ3v) is 4.00. The van der Waals surface area contributed by atoms with E-state index in [2.05, 4.69) is 22.5 Å². The molecule has 2 rings (SSSR count). The maximum atomic E-state index is 11.6. The van der Waals surface area contributed by atoms with Crippen molar-refractivity contribution in [2.45, 2.75) is 26.8 Å². The van der Waals surface area contributed by atoms with Gasteiger partial charge in [0.1, 0.15) is 0 Å². The number of amides is 1. The number of hydrogen-bond donors (Lipinski definition) is 2. The third kappa shape index (κ3) is 3.81. The first-order valence-corrected chi connectivity index (χ1v) is 7.60. The summed E-state index contributed by atoms with van der Waals surface area (Å²) in [6, 6.07) is 7.51. The van der Waals surface area contributed by atoms with Gasteiger partial charge in [-0.05, 0) is 37.6 Å². The highest BCUT2D eigenvalue weighted by atomic mass is 32.1. The number of carbonyl (C=O) groups is 1. The van der Waals surface area contributed by atoms with E-state index >= 15 is 0 Å². The van der Waals surface area contributed by atoms with Gasteiger partial charge in [-0.1, -0.05) is 6.92 Å². The molecule has 0 radical (unpaired) electrons. The smallest absolute Gasteiger partial charge is 0.251 e. The van der Waals surface area contributed by atoms with Gasteiger partial charge in [-0.25, -0.2) is 4.98 Å². The summed E-state index contributed by atoms with van der Waals surface area (Å²) in [6.45, 7) is 5.42. The quantitative estimate of drug-likeness (QED) is 0.859. The highest BCUT2D eigenvalue weighted by Crippen LogP contribution is 2.16. The zero-order valence-corrected chi connectivity index (χ0v) is 12.6. The van der Waals surface area contributed by atoms with Crippen LogP contribution in [0, 0.1) is 0 Å². The van der Waals surface area contributed by atoms with E-state index in [4.69, 9.17) is 0 Å². The predicted molar refractivity (Wildman–Crippen MR) is 83.3 cm³/mol. The minimum atomic E-state index is -0.0332. The van der Waals surface area contributed by atoms with Crippen LogP contribution in [0.3, 0.4) is 0 Å². The molecule has 1 aromatic carbocycles. The van der Waals surface area contributed by atoms with Gasteiger partial charge in [0.05, 0.1) is 11.6 Å². The number of aryl methyl sites for hydroxylation is 1. The first-order chi connectivity index (χ1) is 9.72. The molecule has 106 valence electrons. The van der Waals surface area contributed by atoms with Crippen LogP contribution in [0.1, 0.15) is 34.1 Å². The van der Waals surface area contributed by atoms with Crippen LogP contribution in [0.4, 0.5) is 5.69 Å². The molecule has 1 amide bonds. The monoisotopic (exact) mass is 289 g/mol. The summed E-state index contributed by atoms with van der Waals surface area (Å²) < 4.78 is 0. The molecule has 1 heterocycles. The predicted octanol–water partition coefficient (Wildman–Crippen LogP) is 3.07. The molecule has 2 aromatic rings. The van der Waals surface area contributed by atoms with Gasteiger partial charge in [0.25, 0.3) is 5.91 Å². The van der Waals surface area contributed by atoms with Crippen LogP contribution in [0.25, 0.3) is 0 Å². The first-order valence-electron chi connectivity index (χ1n) is 6.78. The lowest BCUT2D eigenvalue weighted by atomic mass is 10.2. The van der Waals surface area contributed by atoms with Crippen molar-refractivity contribution in [1.29, 1.82) is 0 Å². The molecule has 1 aromatic heterocycles. The summed E-state index contributed by atoms with van der Waals surface area (Å²) in [7, 11) is 0. The van der Waals surface area contributed by atoms with Crippen molar-refractivity contribution in [1.82, 2.24) is 10.3 Å². The number of thiazole rings is 1. The molecule has 0 aliphatic carbocycles. The Labute approximate surface area is 123 Å². The number of nitrogens with one attached hydrogen (secondary N) is 2. The van der Waals surface area contributed by atoms with E-state index in [1.807, 2.05) is 37.4 Å². The number of carbonyl (C=O) groups excluding carboxylic acids is 1. The highest BCUT2D eigenvalue weighted by Gasteiger charge is 2.04. The lowest BCUT2D eigenvalue weighted by Gasteiger charge is -2.06. The molecule has 0 saturated heterocycles. The molecule has 4 nitrogen and oxygen atoms in total.